The summed E-state index contributed by atoms with van der Waals surface area (Å²) in [4.78, 5) is 21.4. The zero-order valence-electron chi connectivity index (χ0n) is 8.30. The standard InChI is InChI=1S/C10H12O5/c1-4-8(11)15-9(12)5-6-14-10(13)7(2)3/h4-6,9,12H,1-2H2,3H3. The first kappa shape index (κ1) is 13.1. The predicted molar refractivity (Wildman–Crippen MR) is 52.3 cm³/mol. The van der Waals surface area contributed by atoms with Crippen LogP contribution in [0.15, 0.2) is 37.1 Å². The van der Waals surface area contributed by atoms with Gasteiger partial charge in [0, 0.05) is 17.7 Å². The maximum absolute atomic E-state index is 10.8. The minimum absolute atomic E-state index is 0.220. The fraction of sp³-hybridized carbons (Fsp3) is 0.200. The summed E-state index contributed by atoms with van der Waals surface area (Å²) in [5, 5.41) is 9.01. The van der Waals surface area contributed by atoms with Crippen LogP contribution < -0.4 is 0 Å². The third kappa shape index (κ3) is 6.23. The quantitative estimate of drug-likeness (QED) is 0.314. The van der Waals surface area contributed by atoms with Crippen molar-refractivity contribution in [3.8, 4) is 0 Å². The minimum atomic E-state index is -1.48. The molecular weight excluding hydrogens is 200 g/mol. The summed E-state index contributed by atoms with van der Waals surface area (Å²) >= 11 is 0. The Labute approximate surface area is 87.3 Å². The van der Waals surface area contributed by atoms with E-state index in [1.54, 1.807) is 0 Å². The van der Waals surface area contributed by atoms with Crippen LogP contribution >= 0.6 is 0 Å². The Kier molecular flexibility index (Phi) is 5.73. The number of carbonyl (C=O) groups is 2. The molecule has 5 heteroatoms. The van der Waals surface area contributed by atoms with Crippen LogP contribution in [0.5, 0.6) is 0 Å². The topological polar surface area (TPSA) is 72.8 Å². The van der Waals surface area contributed by atoms with Crippen LogP contribution in [0.3, 0.4) is 0 Å². The lowest BCUT2D eigenvalue weighted by Gasteiger charge is -2.04. The highest BCUT2D eigenvalue weighted by Crippen LogP contribution is 1.95. The molecule has 0 fully saturated rings. The lowest BCUT2D eigenvalue weighted by Crippen LogP contribution is -2.13. The summed E-state index contributed by atoms with van der Waals surface area (Å²) in [5.41, 5.74) is 0.220. The number of hydrogen-bond donors (Lipinski definition) is 1. The molecule has 0 spiro atoms. The molecule has 0 saturated heterocycles. The third-order valence-electron chi connectivity index (χ3n) is 1.17. The highest BCUT2D eigenvalue weighted by atomic mass is 16.6. The molecule has 0 aromatic rings. The molecule has 1 unspecified atom stereocenters. The highest BCUT2D eigenvalue weighted by Gasteiger charge is 2.04. The van der Waals surface area contributed by atoms with Crippen LogP contribution in [0, 0.1) is 0 Å². The second-order valence-corrected chi connectivity index (χ2v) is 2.55. The SMILES string of the molecule is C=CC(=O)OC(O)C=COC(=O)C(=C)C. The Bertz CT molecular complexity index is 303. The molecule has 82 valence electrons. The van der Waals surface area contributed by atoms with Crippen LogP contribution in [0.2, 0.25) is 0 Å². The van der Waals surface area contributed by atoms with Crippen LogP contribution in [-0.2, 0) is 19.1 Å². The summed E-state index contributed by atoms with van der Waals surface area (Å²) in [6.07, 6.45) is 1.32. The molecule has 0 radical (unpaired) electrons. The number of esters is 2. The van der Waals surface area contributed by atoms with E-state index in [1.807, 2.05) is 0 Å². The Morgan fingerprint density at radius 3 is 2.53 bits per heavy atom. The highest BCUT2D eigenvalue weighted by molar-refractivity contribution is 5.87. The van der Waals surface area contributed by atoms with Gasteiger partial charge in [0.15, 0.2) is 0 Å². The first-order chi connectivity index (χ1) is 6.97. The number of hydrogen-bond acceptors (Lipinski definition) is 5. The Balaban J connectivity index is 3.96. The molecule has 0 aliphatic heterocycles. The van der Waals surface area contributed by atoms with Gasteiger partial charge < -0.3 is 14.6 Å². The zero-order valence-corrected chi connectivity index (χ0v) is 8.30. The molecular formula is C10H12O5. The Morgan fingerprint density at radius 2 is 2.07 bits per heavy atom. The lowest BCUT2D eigenvalue weighted by molar-refractivity contribution is -0.154. The number of aliphatic hydroxyl groups is 1. The number of ether oxygens (including phenoxy) is 2. The predicted octanol–water partition coefficient (Wildman–Crippen LogP) is 0.667. The molecule has 0 bridgehead atoms. The summed E-state index contributed by atoms with van der Waals surface area (Å²) in [6, 6.07) is 0. The van der Waals surface area contributed by atoms with Crippen molar-refractivity contribution in [3.63, 3.8) is 0 Å². The third-order valence-corrected chi connectivity index (χ3v) is 1.17. The van der Waals surface area contributed by atoms with Crippen molar-refractivity contribution in [2.75, 3.05) is 0 Å². The van der Waals surface area contributed by atoms with Crippen LogP contribution in [-0.4, -0.2) is 23.3 Å². The molecule has 0 aromatic carbocycles. The van der Waals surface area contributed by atoms with E-state index in [1.165, 1.54) is 6.92 Å². The van der Waals surface area contributed by atoms with Crippen molar-refractivity contribution in [1.29, 1.82) is 0 Å². The molecule has 0 aliphatic carbocycles. The summed E-state index contributed by atoms with van der Waals surface area (Å²) < 4.78 is 8.83. The molecule has 0 aromatic heterocycles. The lowest BCUT2D eigenvalue weighted by atomic mass is 10.4. The van der Waals surface area contributed by atoms with Gasteiger partial charge in [-0.3, -0.25) is 0 Å². The number of carbonyl (C=O) groups excluding carboxylic acids is 2. The smallest absolute Gasteiger partial charge is 0.337 e. The normalized spacial score (nSPS) is 11.9. The van der Waals surface area contributed by atoms with Gasteiger partial charge in [0.2, 0.25) is 6.29 Å². The van der Waals surface area contributed by atoms with E-state index in [9.17, 15) is 9.59 Å². The number of aliphatic hydroxyl groups excluding tert-OH is 1. The Morgan fingerprint density at radius 1 is 1.47 bits per heavy atom. The second-order valence-electron chi connectivity index (χ2n) is 2.55. The van der Waals surface area contributed by atoms with E-state index >= 15 is 0 Å². The average Bonchev–Trinajstić information content (AvgIpc) is 2.17. The van der Waals surface area contributed by atoms with Crippen molar-refractivity contribution < 1.29 is 24.2 Å². The first-order valence-electron chi connectivity index (χ1n) is 4.01. The molecule has 5 nitrogen and oxygen atoms in total. The summed E-state index contributed by atoms with van der Waals surface area (Å²) in [5.74, 6) is -1.41. The van der Waals surface area contributed by atoms with Gasteiger partial charge in [-0.15, -0.1) is 0 Å². The van der Waals surface area contributed by atoms with Gasteiger partial charge in [0.25, 0.3) is 0 Å². The molecule has 0 aliphatic rings. The van der Waals surface area contributed by atoms with Gasteiger partial charge in [0.1, 0.15) is 0 Å². The average molecular weight is 212 g/mol. The summed E-state index contributed by atoms with van der Waals surface area (Å²) in [7, 11) is 0. The molecule has 0 rings (SSSR count). The molecule has 1 N–H and O–H groups in total. The molecule has 0 heterocycles. The Hall–Kier alpha value is -1.88. The van der Waals surface area contributed by atoms with Crippen molar-refractivity contribution in [2.45, 2.75) is 13.2 Å². The fourth-order valence-electron chi connectivity index (χ4n) is 0.475. The van der Waals surface area contributed by atoms with E-state index in [4.69, 9.17) is 5.11 Å². The minimum Gasteiger partial charge on any atom is -0.431 e. The van der Waals surface area contributed by atoms with E-state index in [-0.39, 0.29) is 5.57 Å². The van der Waals surface area contributed by atoms with Crippen molar-refractivity contribution in [1.82, 2.24) is 0 Å². The first-order valence-corrected chi connectivity index (χ1v) is 4.01. The van der Waals surface area contributed by atoms with Crippen LogP contribution in [0.1, 0.15) is 6.92 Å². The monoisotopic (exact) mass is 212 g/mol. The number of rotatable bonds is 5. The summed E-state index contributed by atoms with van der Waals surface area (Å²) in [6.45, 7) is 7.96. The van der Waals surface area contributed by atoms with Crippen molar-refractivity contribution in [3.05, 3.63) is 37.1 Å². The van der Waals surface area contributed by atoms with E-state index in [2.05, 4.69) is 22.6 Å². The van der Waals surface area contributed by atoms with Gasteiger partial charge >= 0.3 is 11.9 Å². The maximum atomic E-state index is 10.8. The van der Waals surface area contributed by atoms with Gasteiger partial charge in [-0.25, -0.2) is 9.59 Å². The van der Waals surface area contributed by atoms with E-state index < -0.39 is 18.2 Å². The molecule has 0 amide bonds. The van der Waals surface area contributed by atoms with Crippen molar-refractivity contribution >= 4 is 11.9 Å². The maximum Gasteiger partial charge on any atom is 0.337 e. The van der Waals surface area contributed by atoms with E-state index in [0.717, 1.165) is 18.4 Å². The molecule has 1 atom stereocenters. The van der Waals surface area contributed by atoms with Crippen LogP contribution in [0.25, 0.3) is 0 Å². The fourth-order valence-corrected chi connectivity index (χ4v) is 0.475. The van der Waals surface area contributed by atoms with Gasteiger partial charge in [0.05, 0.1) is 6.26 Å². The van der Waals surface area contributed by atoms with Crippen LogP contribution in [0.4, 0.5) is 0 Å². The largest absolute Gasteiger partial charge is 0.431 e. The van der Waals surface area contributed by atoms with E-state index in [0.29, 0.717) is 0 Å². The van der Waals surface area contributed by atoms with Crippen molar-refractivity contribution in [2.24, 2.45) is 0 Å². The molecule has 0 saturated carbocycles. The van der Waals surface area contributed by atoms with Gasteiger partial charge in [-0.05, 0) is 6.92 Å². The second kappa shape index (κ2) is 6.56. The zero-order chi connectivity index (χ0) is 11.8. The van der Waals surface area contributed by atoms with Gasteiger partial charge in [-0.1, -0.05) is 13.2 Å². The molecule has 15 heavy (non-hydrogen) atoms. The van der Waals surface area contributed by atoms with Gasteiger partial charge in [-0.2, -0.15) is 0 Å².